The van der Waals surface area contributed by atoms with Gasteiger partial charge in [0.15, 0.2) is 6.61 Å². The summed E-state index contributed by atoms with van der Waals surface area (Å²) >= 11 is 1.41. The van der Waals surface area contributed by atoms with Gasteiger partial charge in [0.05, 0.1) is 23.4 Å². The van der Waals surface area contributed by atoms with Gasteiger partial charge in [-0.05, 0) is 29.6 Å². The van der Waals surface area contributed by atoms with Crippen molar-refractivity contribution < 1.29 is 40.7 Å². The monoisotopic (exact) mass is 493 g/mol. The number of hydrogen-bond donors (Lipinski definition) is 3. The highest BCUT2D eigenvalue weighted by molar-refractivity contribution is 7.89. The Hall–Kier alpha value is -2.97. The summed E-state index contributed by atoms with van der Waals surface area (Å²) in [6.45, 7) is -1.03. The van der Waals surface area contributed by atoms with Crippen LogP contribution < -0.4 is 15.4 Å². The predicted molar refractivity (Wildman–Crippen MR) is 107 cm³/mol. The highest BCUT2D eigenvalue weighted by atomic mass is 32.2. The minimum absolute atomic E-state index is 0.211. The molecule has 3 N–H and O–H groups in total. The molecule has 0 aliphatic rings. The summed E-state index contributed by atoms with van der Waals surface area (Å²) in [5.74, 6) is -1.85. The summed E-state index contributed by atoms with van der Waals surface area (Å²) < 4.78 is 68.9. The van der Waals surface area contributed by atoms with Gasteiger partial charge in [0.2, 0.25) is 10.0 Å². The maximum absolute atomic E-state index is 12.7. The van der Waals surface area contributed by atoms with Crippen molar-refractivity contribution >= 4 is 39.3 Å². The minimum atomic E-state index is -4.71. The average molecular weight is 493 g/mol. The van der Waals surface area contributed by atoms with E-state index < -0.39 is 64.1 Å². The van der Waals surface area contributed by atoms with Crippen molar-refractivity contribution in [3.8, 4) is 0 Å². The molecular formula is C18H18F3N3O6S2. The number of rotatable bonds is 9. The van der Waals surface area contributed by atoms with Crippen LogP contribution in [0.2, 0.25) is 0 Å². The Bertz CT molecular complexity index is 1060. The fourth-order valence-electron chi connectivity index (χ4n) is 2.22. The van der Waals surface area contributed by atoms with E-state index in [1.54, 1.807) is 12.1 Å². The first-order chi connectivity index (χ1) is 15.0. The van der Waals surface area contributed by atoms with Crippen LogP contribution >= 0.6 is 11.3 Å². The molecule has 32 heavy (non-hydrogen) atoms. The predicted octanol–water partition coefficient (Wildman–Crippen LogP) is 2.00. The van der Waals surface area contributed by atoms with Crippen molar-refractivity contribution in [3.63, 3.8) is 0 Å². The number of carbonyl (C=O) groups is 3. The van der Waals surface area contributed by atoms with Crippen LogP contribution in [0.4, 0.5) is 18.0 Å². The molecule has 14 heteroatoms. The lowest BCUT2D eigenvalue weighted by atomic mass is 10.2. The van der Waals surface area contributed by atoms with Gasteiger partial charge in [0.1, 0.15) is 0 Å². The van der Waals surface area contributed by atoms with E-state index in [4.69, 9.17) is 0 Å². The molecule has 0 atom stereocenters. The third kappa shape index (κ3) is 8.28. The zero-order chi connectivity index (χ0) is 23.8. The van der Waals surface area contributed by atoms with E-state index in [1.807, 2.05) is 15.4 Å². The summed E-state index contributed by atoms with van der Waals surface area (Å²) in [5.41, 5.74) is -1.13. The van der Waals surface area contributed by atoms with Gasteiger partial charge in [-0.3, -0.25) is 14.9 Å². The van der Waals surface area contributed by atoms with Gasteiger partial charge >= 0.3 is 18.2 Å². The number of carbonyl (C=O) groups excluding carboxylic acids is 3. The van der Waals surface area contributed by atoms with E-state index in [-0.39, 0.29) is 6.54 Å². The molecule has 0 fully saturated rings. The first-order valence-corrected chi connectivity index (χ1v) is 11.3. The highest BCUT2D eigenvalue weighted by Crippen LogP contribution is 2.30. The molecule has 0 aliphatic carbocycles. The van der Waals surface area contributed by atoms with Gasteiger partial charge in [-0.15, -0.1) is 11.3 Å². The van der Waals surface area contributed by atoms with Crippen molar-refractivity contribution in [2.75, 3.05) is 13.2 Å². The molecule has 3 amide bonds. The van der Waals surface area contributed by atoms with E-state index in [2.05, 4.69) is 10.1 Å². The first kappa shape index (κ1) is 25.3. The third-order valence-corrected chi connectivity index (χ3v) is 6.05. The Morgan fingerprint density at radius 3 is 2.50 bits per heavy atom. The number of esters is 1. The van der Waals surface area contributed by atoms with Crippen LogP contribution in [0.3, 0.4) is 0 Å². The number of benzene rings is 1. The number of nitrogens with one attached hydrogen (secondary N) is 3. The molecule has 0 aliphatic heterocycles. The largest absolute Gasteiger partial charge is 0.456 e. The molecule has 1 aromatic carbocycles. The van der Waals surface area contributed by atoms with Crippen LogP contribution in [0.5, 0.6) is 0 Å². The van der Waals surface area contributed by atoms with Crippen molar-refractivity contribution in [2.45, 2.75) is 24.0 Å². The second-order valence-corrected chi connectivity index (χ2v) is 8.94. The summed E-state index contributed by atoms with van der Waals surface area (Å²) in [7, 11) is -4.30. The van der Waals surface area contributed by atoms with Crippen molar-refractivity contribution in [3.05, 3.63) is 52.2 Å². The third-order valence-electron chi connectivity index (χ3n) is 3.71. The maximum atomic E-state index is 12.7. The smallest absolute Gasteiger partial charge is 0.416 e. The summed E-state index contributed by atoms with van der Waals surface area (Å²) in [5, 5.41) is 6.21. The number of halogens is 3. The fraction of sp³-hybridized carbons (Fsp3) is 0.278. The first-order valence-electron chi connectivity index (χ1n) is 8.90. The topological polar surface area (TPSA) is 131 Å². The average Bonchev–Trinajstić information content (AvgIpc) is 3.24. The molecule has 0 saturated carbocycles. The van der Waals surface area contributed by atoms with E-state index in [1.165, 1.54) is 11.3 Å². The zero-order valence-electron chi connectivity index (χ0n) is 16.3. The van der Waals surface area contributed by atoms with Crippen LogP contribution in [0, 0.1) is 0 Å². The lowest BCUT2D eigenvalue weighted by molar-refractivity contribution is -0.148. The Morgan fingerprint density at radius 2 is 1.84 bits per heavy atom. The second kappa shape index (κ2) is 11.1. The number of hydrogen-bond acceptors (Lipinski definition) is 7. The van der Waals surface area contributed by atoms with Crippen LogP contribution in [-0.2, 0) is 37.1 Å². The van der Waals surface area contributed by atoms with Crippen LogP contribution in [0.25, 0.3) is 0 Å². The van der Waals surface area contributed by atoms with Crippen molar-refractivity contribution in [1.29, 1.82) is 0 Å². The van der Waals surface area contributed by atoms with Crippen LogP contribution in [-0.4, -0.2) is 39.5 Å². The van der Waals surface area contributed by atoms with Gasteiger partial charge < -0.3 is 10.1 Å². The van der Waals surface area contributed by atoms with Gasteiger partial charge in [-0.1, -0.05) is 12.1 Å². The van der Waals surface area contributed by atoms with Gasteiger partial charge in [-0.25, -0.2) is 17.9 Å². The molecule has 0 unspecified atom stereocenters. The van der Waals surface area contributed by atoms with E-state index in [0.29, 0.717) is 6.07 Å². The minimum Gasteiger partial charge on any atom is -0.456 e. The maximum Gasteiger partial charge on any atom is 0.416 e. The number of sulfonamides is 1. The second-order valence-electron chi connectivity index (χ2n) is 6.14. The number of thiophene rings is 1. The molecule has 0 radical (unpaired) electrons. The van der Waals surface area contributed by atoms with Crippen LogP contribution in [0.1, 0.15) is 16.9 Å². The zero-order valence-corrected chi connectivity index (χ0v) is 17.9. The highest BCUT2D eigenvalue weighted by Gasteiger charge is 2.31. The molecule has 1 aromatic heterocycles. The molecular weight excluding hydrogens is 475 g/mol. The SMILES string of the molecule is O=C(COC(=O)CCNS(=O)(=O)c1cccc(C(F)(F)F)c1)NC(=O)NCc1cccs1. The number of alkyl halides is 3. The number of urea groups is 1. The molecule has 174 valence electrons. The number of amides is 3. The molecule has 2 rings (SSSR count). The van der Waals surface area contributed by atoms with Crippen molar-refractivity contribution in [1.82, 2.24) is 15.4 Å². The summed E-state index contributed by atoms with van der Waals surface area (Å²) in [4.78, 5) is 35.1. The van der Waals surface area contributed by atoms with E-state index in [0.717, 1.165) is 23.1 Å². The molecule has 2 aromatic rings. The molecule has 0 spiro atoms. The van der Waals surface area contributed by atoms with Gasteiger partial charge in [0.25, 0.3) is 5.91 Å². The molecule has 0 saturated heterocycles. The Balaban J connectivity index is 1.71. The fourth-order valence-corrected chi connectivity index (χ4v) is 3.94. The normalized spacial score (nSPS) is 11.6. The van der Waals surface area contributed by atoms with Gasteiger partial charge in [-0.2, -0.15) is 13.2 Å². The van der Waals surface area contributed by atoms with E-state index in [9.17, 15) is 36.0 Å². The lowest BCUT2D eigenvalue weighted by Gasteiger charge is -2.10. The van der Waals surface area contributed by atoms with Gasteiger partial charge in [0, 0.05) is 11.4 Å². The quantitative estimate of drug-likeness (QED) is 0.458. The lowest BCUT2D eigenvalue weighted by Crippen LogP contribution is -2.41. The Labute approximate surface area is 185 Å². The summed E-state index contributed by atoms with van der Waals surface area (Å²) in [6, 6.07) is 5.91. The number of imide groups is 1. The standard InChI is InChI=1S/C18H18F3N3O6S2/c19-18(20,21)12-3-1-5-14(9-12)32(28,29)23-7-6-16(26)30-11-15(25)24-17(27)22-10-13-4-2-8-31-13/h1-5,8-9,23H,6-7,10-11H2,(H2,22,24,25,27). The molecule has 1 heterocycles. The molecule has 0 bridgehead atoms. The summed E-state index contributed by atoms with van der Waals surface area (Å²) in [6.07, 6.45) is -5.20. The van der Waals surface area contributed by atoms with Crippen molar-refractivity contribution in [2.24, 2.45) is 0 Å². The Morgan fingerprint density at radius 1 is 1.09 bits per heavy atom. The van der Waals surface area contributed by atoms with Crippen LogP contribution in [0.15, 0.2) is 46.7 Å². The Kier molecular flexibility index (Phi) is 8.74. The van der Waals surface area contributed by atoms with E-state index >= 15 is 0 Å². The number of ether oxygens (including phenoxy) is 1. The molecule has 9 nitrogen and oxygen atoms in total.